The highest BCUT2D eigenvalue weighted by Crippen LogP contribution is 2.22. The topological polar surface area (TPSA) is 75.5 Å². The highest BCUT2D eigenvalue weighted by Gasteiger charge is 2.28. The highest BCUT2D eigenvalue weighted by molar-refractivity contribution is 7.82. The summed E-state index contributed by atoms with van der Waals surface area (Å²) in [6.45, 7) is 0.861. The maximum atomic E-state index is 9.64. The molecule has 6 nitrogen and oxygen atoms in total. The van der Waals surface area contributed by atoms with Gasteiger partial charge in [-0.05, 0) is 37.9 Å². The molecule has 0 aromatic carbocycles. The number of hydrogen-bond acceptors (Lipinski definition) is 6. The van der Waals surface area contributed by atoms with Crippen molar-refractivity contribution in [3.8, 4) is 6.07 Å². The SMILES string of the molecule is N#C/C(C(=S)NC(=S)NC1CCCCC1)=C1/NN=C2CCCCCN21. The fraction of sp³-hybridized carbons (Fsp3) is 0.647. The summed E-state index contributed by atoms with van der Waals surface area (Å²) in [7, 11) is 0. The minimum absolute atomic E-state index is 0.346. The Morgan fingerprint density at radius 1 is 1.16 bits per heavy atom. The first-order valence-corrected chi connectivity index (χ1v) is 9.87. The zero-order chi connectivity index (χ0) is 17.6. The molecule has 1 saturated heterocycles. The number of hydrogen-bond donors (Lipinski definition) is 3. The number of thiocarbonyl (C=S) groups is 2. The van der Waals surface area contributed by atoms with Crippen LogP contribution in [0.25, 0.3) is 0 Å². The molecule has 0 amide bonds. The van der Waals surface area contributed by atoms with E-state index in [1.54, 1.807) is 0 Å². The lowest BCUT2D eigenvalue weighted by Crippen LogP contribution is -2.45. The molecule has 0 bridgehead atoms. The lowest BCUT2D eigenvalue weighted by molar-refractivity contribution is 0.413. The zero-order valence-electron chi connectivity index (χ0n) is 14.3. The van der Waals surface area contributed by atoms with E-state index in [9.17, 15) is 5.26 Å². The molecule has 1 aliphatic carbocycles. The maximum absolute atomic E-state index is 9.64. The van der Waals surface area contributed by atoms with Crippen LogP contribution >= 0.6 is 24.4 Å². The first-order chi connectivity index (χ1) is 12.2. The molecule has 1 saturated carbocycles. The Morgan fingerprint density at radius 3 is 2.68 bits per heavy atom. The van der Waals surface area contributed by atoms with Crippen molar-refractivity contribution in [2.24, 2.45) is 5.10 Å². The summed E-state index contributed by atoms with van der Waals surface area (Å²) in [6.07, 6.45) is 10.4. The van der Waals surface area contributed by atoms with E-state index in [1.165, 1.54) is 25.7 Å². The van der Waals surface area contributed by atoms with Crippen molar-refractivity contribution in [2.75, 3.05) is 6.54 Å². The van der Waals surface area contributed by atoms with E-state index in [4.69, 9.17) is 24.4 Å². The fourth-order valence-electron chi connectivity index (χ4n) is 3.56. The van der Waals surface area contributed by atoms with Crippen molar-refractivity contribution in [1.29, 1.82) is 5.26 Å². The van der Waals surface area contributed by atoms with Gasteiger partial charge in [0.2, 0.25) is 0 Å². The summed E-state index contributed by atoms with van der Waals surface area (Å²) in [5.74, 6) is 1.67. The molecule has 0 aromatic rings. The predicted molar refractivity (Wildman–Crippen MR) is 107 cm³/mol. The summed E-state index contributed by atoms with van der Waals surface area (Å²) in [6, 6.07) is 2.62. The smallest absolute Gasteiger partial charge is 0.171 e. The Morgan fingerprint density at radius 2 is 1.92 bits per heavy atom. The minimum atomic E-state index is 0.346. The molecule has 2 aliphatic heterocycles. The van der Waals surface area contributed by atoms with Gasteiger partial charge in [0.1, 0.15) is 28.3 Å². The molecule has 0 spiro atoms. The highest BCUT2D eigenvalue weighted by atomic mass is 32.1. The minimum Gasteiger partial charge on any atom is -0.360 e. The molecule has 3 N–H and O–H groups in total. The average molecular weight is 377 g/mol. The van der Waals surface area contributed by atoms with Crippen LogP contribution in [0.2, 0.25) is 0 Å². The van der Waals surface area contributed by atoms with E-state index in [0.29, 0.717) is 27.5 Å². The molecule has 2 fully saturated rings. The van der Waals surface area contributed by atoms with Crippen LogP contribution in [0.4, 0.5) is 0 Å². The van der Waals surface area contributed by atoms with Crippen molar-refractivity contribution < 1.29 is 0 Å². The molecule has 25 heavy (non-hydrogen) atoms. The van der Waals surface area contributed by atoms with Crippen LogP contribution in [-0.4, -0.2) is 33.4 Å². The molecule has 0 atom stereocenters. The monoisotopic (exact) mass is 376 g/mol. The second kappa shape index (κ2) is 8.59. The van der Waals surface area contributed by atoms with E-state index in [-0.39, 0.29) is 0 Å². The largest absolute Gasteiger partial charge is 0.360 e. The van der Waals surface area contributed by atoms with E-state index >= 15 is 0 Å². The standard InChI is InChI=1S/C17H24N6S2/c18-11-13(15-22-21-14-9-5-2-6-10-23(14)15)16(24)20-17(25)19-12-7-3-1-4-8-12/h12,22H,1-10H2,(H2,19,20,24,25)/b15-13+. The van der Waals surface area contributed by atoms with Gasteiger partial charge in [0.15, 0.2) is 5.11 Å². The van der Waals surface area contributed by atoms with E-state index in [1.807, 2.05) is 0 Å². The lowest BCUT2D eigenvalue weighted by atomic mass is 9.96. The number of nitriles is 1. The average Bonchev–Trinajstić information content (AvgIpc) is 2.85. The van der Waals surface area contributed by atoms with Crippen LogP contribution in [0.15, 0.2) is 16.5 Å². The molecule has 0 radical (unpaired) electrons. The normalized spacial score (nSPS) is 22.7. The van der Waals surface area contributed by atoms with Gasteiger partial charge in [-0.1, -0.05) is 37.9 Å². The van der Waals surface area contributed by atoms with Crippen molar-refractivity contribution >= 4 is 40.4 Å². The molecule has 134 valence electrons. The van der Waals surface area contributed by atoms with Gasteiger partial charge in [-0.15, -0.1) is 0 Å². The molecular formula is C17H24N6S2. The van der Waals surface area contributed by atoms with Crippen molar-refractivity contribution in [3.63, 3.8) is 0 Å². The number of amidine groups is 1. The number of nitrogens with one attached hydrogen (secondary N) is 3. The zero-order valence-corrected chi connectivity index (χ0v) is 15.9. The van der Waals surface area contributed by atoms with Gasteiger partial charge in [-0.2, -0.15) is 10.4 Å². The van der Waals surface area contributed by atoms with Gasteiger partial charge in [0.25, 0.3) is 0 Å². The van der Waals surface area contributed by atoms with Crippen LogP contribution in [0, 0.1) is 11.3 Å². The Bertz CT molecular complexity index is 642. The first kappa shape index (κ1) is 18.1. The molecule has 8 heteroatoms. The summed E-state index contributed by atoms with van der Waals surface area (Å²) in [5, 5.41) is 20.9. The van der Waals surface area contributed by atoms with Crippen molar-refractivity contribution in [1.82, 2.24) is 21.0 Å². The second-order valence-corrected chi connectivity index (χ2v) is 7.52. The van der Waals surface area contributed by atoms with Gasteiger partial charge in [0.05, 0.1) is 0 Å². The molecule has 0 aromatic heterocycles. The Labute approximate surface area is 159 Å². The van der Waals surface area contributed by atoms with Crippen LogP contribution in [0.3, 0.4) is 0 Å². The Hall–Kier alpha value is -1.72. The van der Waals surface area contributed by atoms with E-state index in [0.717, 1.165) is 44.5 Å². The number of nitrogens with zero attached hydrogens (tertiary/aromatic N) is 3. The van der Waals surface area contributed by atoms with Gasteiger partial charge in [-0.3, -0.25) is 5.43 Å². The van der Waals surface area contributed by atoms with E-state index < -0.39 is 0 Å². The molecule has 2 heterocycles. The summed E-state index contributed by atoms with van der Waals surface area (Å²) in [5.41, 5.74) is 3.38. The van der Waals surface area contributed by atoms with Gasteiger partial charge < -0.3 is 15.5 Å². The number of hydrazone groups is 1. The second-order valence-electron chi connectivity index (χ2n) is 6.70. The number of fused-ring (bicyclic) bond motifs is 1. The fourth-order valence-corrected chi connectivity index (χ4v) is 4.14. The third-order valence-corrected chi connectivity index (χ3v) is 5.42. The van der Waals surface area contributed by atoms with Crippen LogP contribution in [0.5, 0.6) is 0 Å². The third-order valence-electron chi connectivity index (χ3n) is 4.90. The van der Waals surface area contributed by atoms with Crippen molar-refractivity contribution in [2.45, 2.75) is 63.8 Å². The number of rotatable bonds is 2. The predicted octanol–water partition coefficient (Wildman–Crippen LogP) is 2.64. The van der Waals surface area contributed by atoms with Gasteiger partial charge in [-0.25, -0.2) is 0 Å². The van der Waals surface area contributed by atoms with Crippen LogP contribution in [-0.2, 0) is 0 Å². The summed E-state index contributed by atoms with van der Waals surface area (Å²) in [4.78, 5) is 2.43. The Balaban J connectivity index is 1.65. The Kier molecular flexibility index (Phi) is 6.21. The van der Waals surface area contributed by atoms with Crippen molar-refractivity contribution in [3.05, 3.63) is 11.4 Å². The van der Waals surface area contributed by atoms with Gasteiger partial charge in [0, 0.05) is 19.0 Å². The summed E-state index contributed by atoms with van der Waals surface area (Å²) >= 11 is 10.8. The lowest BCUT2D eigenvalue weighted by Gasteiger charge is -2.25. The quantitative estimate of drug-likeness (QED) is 0.389. The van der Waals surface area contributed by atoms with Crippen LogP contribution < -0.4 is 16.1 Å². The van der Waals surface area contributed by atoms with Crippen LogP contribution in [0.1, 0.15) is 57.8 Å². The first-order valence-electron chi connectivity index (χ1n) is 9.05. The maximum Gasteiger partial charge on any atom is 0.171 e. The molecule has 3 rings (SSSR count). The molecular weight excluding hydrogens is 352 g/mol. The van der Waals surface area contributed by atoms with Gasteiger partial charge >= 0.3 is 0 Å². The third kappa shape index (κ3) is 4.47. The molecule has 3 aliphatic rings. The molecule has 0 unspecified atom stereocenters. The summed E-state index contributed by atoms with van der Waals surface area (Å²) < 4.78 is 0. The van der Waals surface area contributed by atoms with E-state index in [2.05, 4.69) is 32.1 Å².